The predicted octanol–water partition coefficient (Wildman–Crippen LogP) is 0.942. The van der Waals surface area contributed by atoms with Crippen molar-refractivity contribution in [2.45, 2.75) is 46.4 Å². The van der Waals surface area contributed by atoms with Crippen LogP contribution >= 0.6 is 0 Å². The summed E-state index contributed by atoms with van der Waals surface area (Å²) in [4.78, 5) is 64.1. The number of alkyl carbamates (subject to hydrolysis) is 1. The van der Waals surface area contributed by atoms with Gasteiger partial charge in [0.25, 0.3) is 5.56 Å². The van der Waals surface area contributed by atoms with Gasteiger partial charge in [-0.3, -0.25) is 23.9 Å². The van der Waals surface area contributed by atoms with E-state index in [9.17, 15) is 24.0 Å². The lowest BCUT2D eigenvalue weighted by atomic mass is 10.2. The summed E-state index contributed by atoms with van der Waals surface area (Å²) in [5, 5.41) is 2.52. The standard InChI is InChI=1S/C23H30N4O7/c1-16-12-27(21(31)25-20(16)30)13-18(28)26(11-10-24-22(32)34-23(2,3)4)14-19(29)33-15-17-8-6-5-7-9-17/h5-9,12H,10-11,13-15H2,1-4H3,(H,24,32)(H,25,30,31). The molecule has 0 saturated heterocycles. The van der Waals surface area contributed by atoms with E-state index >= 15 is 0 Å². The molecule has 11 nitrogen and oxygen atoms in total. The highest BCUT2D eigenvalue weighted by Crippen LogP contribution is 2.06. The fourth-order valence-corrected chi connectivity index (χ4v) is 2.82. The van der Waals surface area contributed by atoms with Gasteiger partial charge in [0.2, 0.25) is 5.91 Å². The largest absolute Gasteiger partial charge is 0.459 e. The Morgan fingerprint density at radius 3 is 2.44 bits per heavy atom. The molecule has 2 N–H and O–H groups in total. The Morgan fingerprint density at radius 1 is 1.12 bits per heavy atom. The fraction of sp³-hybridized carbons (Fsp3) is 0.435. The Morgan fingerprint density at radius 2 is 1.79 bits per heavy atom. The van der Waals surface area contributed by atoms with Crippen LogP contribution in [-0.4, -0.2) is 57.7 Å². The molecule has 2 aromatic rings. The van der Waals surface area contributed by atoms with Gasteiger partial charge in [0.15, 0.2) is 0 Å². The van der Waals surface area contributed by atoms with E-state index in [0.29, 0.717) is 0 Å². The topological polar surface area (TPSA) is 140 Å². The van der Waals surface area contributed by atoms with Crippen molar-refractivity contribution in [1.29, 1.82) is 0 Å². The quantitative estimate of drug-likeness (QED) is 0.516. The third kappa shape index (κ3) is 8.93. The zero-order valence-electron chi connectivity index (χ0n) is 19.8. The number of hydrogen-bond donors (Lipinski definition) is 2. The SMILES string of the molecule is Cc1cn(CC(=O)N(CCNC(=O)OC(C)(C)C)CC(=O)OCc2ccccc2)c(=O)[nH]c1=O. The normalized spacial score (nSPS) is 10.9. The highest BCUT2D eigenvalue weighted by molar-refractivity contribution is 5.82. The summed E-state index contributed by atoms with van der Waals surface area (Å²) in [7, 11) is 0. The summed E-state index contributed by atoms with van der Waals surface area (Å²) in [6, 6.07) is 9.05. The number of esters is 1. The Labute approximate surface area is 196 Å². The van der Waals surface area contributed by atoms with Gasteiger partial charge in [-0.15, -0.1) is 0 Å². The Balaban J connectivity index is 2.05. The molecule has 0 spiro atoms. The van der Waals surface area contributed by atoms with Gasteiger partial charge in [-0.2, -0.15) is 0 Å². The van der Waals surface area contributed by atoms with Crippen LogP contribution in [0.25, 0.3) is 0 Å². The molecule has 1 aromatic heterocycles. The number of hydrogen-bond acceptors (Lipinski definition) is 7. The molecule has 1 heterocycles. The van der Waals surface area contributed by atoms with Gasteiger partial charge in [-0.1, -0.05) is 30.3 Å². The van der Waals surface area contributed by atoms with Crippen molar-refractivity contribution in [3.8, 4) is 0 Å². The van der Waals surface area contributed by atoms with E-state index in [4.69, 9.17) is 9.47 Å². The number of aromatic amines is 1. The van der Waals surface area contributed by atoms with Gasteiger partial charge in [0.1, 0.15) is 25.3 Å². The number of aromatic nitrogens is 2. The van der Waals surface area contributed by atoms with Crippen LogP contribution in [0.2, 0.25) is 0 Å². The van der Waals surface area contributed by atoms with Gasteiger partial charge < -0.3 is 19.7 Å². The van der Waals surface area contributed by atoms with Crippen LogP contribution in [0.3, 0.4) is 0 Å². The van der Waals surface area contributed by atoms with Crippen molar-refractivity contribution in [2.24, 2.45) is 0 Å². The number of aryl methyl sites for hydroxylation is 1. The van der Waals surface area contributed by atoms with E-state index in [2.05, 4.69) is 10.3 Å². The number of ether oxygens (including phenoxy) is 2. The monoisotopic (exact) mass is 474 g/mol. The zero-order valence-corrected chi connectivity index (χ0v) is 19.8. The second-order valence-electron chi connectivity index (χ2n) is 8.59. The number of nitrogens with zero attached hydrogens (tertiary/aromatic N) is 2. The molecule has 0 atom stereocenters. The van der Waals surface area contributed by atoms with Crippen LogP contribution in [0, 0.1) is 6.92 Å². The molecule has 0 fully saturated rings. The molecule has 0 aliphatic rings. The minimum Gasteiger partial charge on any atom is -0.459 e. The van der Waals surface area contributed by atoms with E-state index in [1.807, 2.05) is 18.2 Å². The fourth-order valence-electron chi connectivity index (χ4n) is 2.82. The molecule has 0 aliphatic carbocycles. The molecule has 184 valence electrons. The highest BCUT2D eigenvalue weighted by atomic mass is 16.6. The van der Waals surface area contributed by atoms with Crippen LogP contribution in [0.5, 0.6) is 0 Å². The number of nitrogens with one attached hydrogen (secondary N) is 2. The van der Waals surface area contributed by atoms with Crippen molar-refractivity contribution in [2.75, 3.05) is 19.6 Å². The molecule has 2 rings (SSSR count). The first kappa shape index (κ1) is 26.4. The maximum Gasteiger partial charge on any atom is 0.407 e. The summed E-state index contributed by atoms with van der Waals surface area (Å²) in [5.74, 6) is -1.23. The van der Waals surface area contributed by atoms with Gasteiger partial charge in [0, 0.05) is 24.8 Å². The second-order valence-corrected chi connectivity index (χ2v) is 8.59. The number of carbonyl (C=O) groups is 3. The Kier molecular flexibility index (Phi) is 9.17. The van der Waals surface area contributed by atoms with E-state index in [-0.39, 0.29) is 25.3 Å². The lowest BCUT2D eigenvalue weighted by Gasteiger charge is -2.23. The third-order valence-corrected chi connectivity index (χ3v) is 4.46. The van der Waals surface area contributed by atoms with E-state index in [1.165, 1.54) is 13.1 Å². The lowest BCUT2D eigenvalue weighted by molar-refractivity contribution is -0.150. The number of benzene rings is 1. The summed E-state index contributed by atoms with van der Waals surface area (Å²) in [6.45, 7) is 5.87. The van der Waals surface area contributed by atoms with Gasteiger partial charge in [-0.05, 0) is 33.3 Å². The van der Waals surface area contributed by atoms with Crippen molar-refractivity contribution in [3.05, 3.63) is 68.5 Å². The van der Waals surface area contributed by atoms with E-state index in [0.717, 1.165) is 15.0 Å². The first-order valence-corrected chi connectivity index (χ1v) is 10.7. The van der Waals surface area contributed by atoms with Crippen molar-refractivity contribution >= 4 is 18.0 Å². The van der Waals surface area contributed by atoms with Crippen molar-refractivity contribution in [1.82, 2.24) is 19.8 Å². The average molecular weight is 475 g/mol. The van der Waals surface area contributed by atoms with Gasteiger partial charge >= 0.3 is 17.8 Å². The molecule has 0 bridgehead atoms. The first-order chi connectivity index (χ1) is 15.9. The number of H-pyrrole nitrogens is 1. The van der Waals surface area contributed by atoms with Crippen LogP contribution in [-0.2, 0) is 32.2 Å². The zero-order chi connectivity index (χ0) is 25.3. The molecule has 11 heteroatoms. The molecule has 34 heavy (non-hydrogen) atoms. The predicted molar refractivity (Wildman–Crippen MR) is 123 cm³/mol. The third-order valence-electron chi connectivity index (χ3n) is 4.46. The smallest absolute Gasteiger partial charge is 0.407 e. The minimum absolute atomic E-state index is 0.00612. The van der Waals surface area contributed by atoms with Crippen LogP contribution < -0.4 is 16.6 Å². The number of amides is 2. The minimum atomic E-state index is -0.748. The molecule has 0 unspecified atom stereocenters. The summed E-state index contributed by atoms with van der Waals surface area (Å²) in [5.41, 5.74) is -0.938. The summed E-state index contributed by atoms with van der Waals surface area (Å²) < 4.78 is 11.5. The molecule has 0 aliphatic heterocycles. The van der Waals surface area contributed by atoms with E-state index < -0.39 is 47.9 Å². The van der Waals surface area contributed by atoms with Gasteiger partial charge in [-0.25, -0.2) is 9.59 Å². The highest BCUT2D eigenvalue weighted by Gasteiger charge is 2.21. The second kappa shape index (κ2) is 11.8. The van der Waals surface area contributed by atoms with Crippen LogP contribution in [0.4, 0.5) is 4.79 Å². The molecule has 0 radical (unpaired) electrons. The molecular weight excluding hydrogens is 444 g/mol. The Hall–Kier alpha value is -3.89. The van der Waals surface area contributed by atoms with Crippen molar-refractivity contribution < 1.29 is 23.9 Å². The van der Waals surface area contributed by atoms with Crippen LogP contribution in [0.1, 0.15) is 31.9 Å². The lowest BCUT2D eigenvalue weighted by Crippen LogP contribution is -2.45. The molecule has 2 amide bonds. The average Bonchev–Trinajstić information content (AvgIpc) is 2.74. The maximum atomic E-state index is 12.9. The Bertz CT molecular complexity index is 1120. The summed E-state index contributed by atoms with van der Waals surface area (Å²) in [6.07, 6.45) is 0.600. The van der Waals surface area contributed by atoms with Crippen LogP contribution in [0.15, 0.2) is 46.1 Å². The number of rotatable bonds is 9. The maximum absolute atomic E-state index is 12.9. The number of carbonyl (C=O) groups excluding carboxylic acids is 3. The van der Waals surface area contributed by atoms with Gasteiger partial charge in [0.05, 0.1) is 0 Å². The molecular formula is C23H30N4O7. The molecule has 0 saturated carbocycles. The summed E-state index contributed by atoms with van der Waals surface area (Å²) >= 11 is 0. The first-order valence-electron chi connectivity index (χ1n) is 10.7. The van der Waals surface area contributed by atoms with Crippen molar-refractivity contribution in [3.63, 3.8) is 0 Å². The molecule has 1 aromatic carbocycles. The van der Waals surface area contributed by atoms with E-state index in [1.54, 1.807) is 32.9 Å².